The molecule has 4 N–H and O–H groups in total. The second kappa shape index (κ2) is 13.1. The van der Waals surface area contributed by atoms with Crippen molar-refractivity contribution in [1.29, 1.82) is 0 Å². The molecule has 0 spiro atoms. The standard InChI is InChI=1S/C35H42BF2NO7S/c1-6-33(4)17-26(34(5)19(2)12-14-35(20(3)31(33)42)15-13-25(40)30(34)35)46-27(41)18-47-22-9-7-8-21(16-22)39-32(43)23-10-11-24(36(44)45)29(38)28(23)37/h6-11,16,19-20,26,30-31,42,44-45H,1,12-15,17-18H2,2-5H3,(H,39,43)/t19-,20+,26-,30+,31+,33-,34+,35+/m1/s1. The van der Waals surface area contributed by atoms with Gasteiger partial charge >= 0.3 is 13.1 Å². The molecule has 47 heavy (non-hydrogen) atoms. The second-order valence-corrected chi connectivity index (χ2v) is 15.1. The third-order valence-electron chi connectivity index (χ3n) is 11.7. The second-order valence-electron chi connectivity index (χ2n) is 14.0. The first-order valence-electron chi connectivity index (χ1n) is 16.0. The number of carbonyl (C=O) groups excluding carboxylic acids is 3. The quantitative estimate of drug-likeness (QED) is 0.135. The number of aliphatic hydroxyl groups is 1. The van der Waals surface area contributed by atoms with Crippen LogP contribution in [0.25, 0.3) is 0 Å². The topological polar surface area (TPSA) is 133 Å². The first-order chi connectivity index (χ1) is 22.1. The Morgan fingerprint density at radius 1 is 1.15 bits per heavy atom. The van der Waals surface area contributed by atoms with Gasteiger partial charge in [0.25, 0.3) is 5.91 Å². The van der Waals surface area contributed by atoms with E-state index in [1.807, 2.05) is 6.92 Å². The first-order valence-corrected chi connectivity index (χ1v) is 17.0. The van der Waals surface area contributed by atoms with Gasteiger partial charge in [-0.3, -0.25) is 14.4 Å². The molecule has 3 saturated carbocycles. The van der Waals surface area contributed by atoms with Crippen molar-refractivity contribution in [2.45, 2.75) is 76.9 Å². The number of rotatable bonds is 8. The minimum absolute atomic E-state index is 0.0728. The van der Waals surface area contributed by atoms with Gasteiger partial charge in [-0.15, -0.1) is 18.3 Å². The summed E-state index contributed by atoms with van der Waals surface area (Å²) in [5.41, 5.74) is -2.78. The molecule has 8 nitrogen and oxygen atoms in total. The van der Waals surface area contributed by atoms with Crippen LogP contribution in [0, 0.1) is 45.6 Å². The molecule has 2 aromatic rings. The molecule has 0 aliphatic heterocycles. The zero-order chi connectivity index (χ0) is 34.5. The number of aliphatic hydroxyl groups excluding tert-OH is 1. The molecule has 3 fully saturated rings. The van der Waals surface area contributed by atoms with E-state index in [0.29, 0.717) is 24.2 Å². The van der Waals surface area contributed by atoms with Gasteiger partial charge in [0.05, 0.1) is 17.4 Å². The van der Waals surface area contributed by atoms with Gasteiger partial charge in [-0.1, -0.05) is 45.9 Å². The lowest BCUT2D eigenvalue weighted by Gasteiger charge is -2.61. The van der Waals surface area contributed by atoms with Crippen molar-refractivity contribution >= 4 is 47.7 Å². The highest BCUT2D eigenvalue weighted by atomic mass is 32.2. The van der Waals surface area contributed by atoms with E-state index in [2.05, 4.69) is 32.7 Å². The highest BCUT2D eigenvalue weighted by Gasteiger charge is 2.68. The van der Waals surface area contributed by atoms with Gasteiger partial charge < -0.3 is 25.2 Å². The highest BCUT2D eigenvalue weighted by Crippen LogP contribution is 2.68. The number of halogens is 2. The van der Waals surface area contributed by atoms with Gasteiger partial charge in [0.1, 0.15) is 11.9 Å². The molecule has 0 aromatic heterocycles. The average Bonchev–Trinajstić information content (AvgIpc) is 3.39. The Bertz CT molecular complexity index is 1590. The van der Waals surface area contributed by atoms with E-state index >= 15 is 0 Å². The Balaban J connectivity index is 1.33. The van der Waals surface area contributed by atoms with E-state index in [0.717, 1.165) is 25.0 Å². The molecule has 8 atom stereocenters. The van der Waals surface area contributed by atoms with Crippen LogP contribution in [0.15, 0.2) is 53.9 Å². The maximum Gasteiger partial charge on any atom is 0.491 e. The van der Waals surface area contributed by atoms with Gasteiger partial charge in [-0.05, 0) is 67.2 Å². The minimum Gasteiger partial charge on any atom is -0.461 e. The van der Waals surface area contributed by atoms with Gasteiger partial charge in [0.2, 0.25) is 0 Å². The number of hydrogen-bond acceptors (Lipinski definition) is 8. The third-order valence-corrected chi connectivity index (χ3v) is 12.6. The van der Waals surface area contributed by atoms with E-state index in [9.17, 15) is 38.3 Å². The van der Waals surface area contributed by atoms with Gasteiger partial charge in [-0.25, -0.2) is 8.78 Å². The van der Waals surface area contributed by atoms with Crippen molar-refractivity contribution in [2.24, 2.45) is 34.0 Å². The van der Waals surface area contributed by atoms with Crippen LogP contribution in [0.3, 0.4) is 0 Å². The van der Waals surface area contributed by atoms with Crippen molar-refractivity contribution < 1.29 is 43.1 Å². The molecule has 0 heterocycles. The Kier molecular flexibility index (Phi) is 9.83. The summed E-state index contributed by atoms with van der Waals surface area (Å²) < 4.78 is 35.0. The molecular weight excluding hydrogens is 627 g/mol. The van der Waals surface area contributed by atoms with Gasteiger partial charge in [0.15, 0.2) is 11.6 Å². The Morgan fingerprint density at radius 3 is 2.55 bits per heavy atom. The fourth-order valence-corrected chi connectivity index (χ4v) is 9.38. The normalized spacial score (nSPS) is 33.3. The van der Waals surface area contributed by atoms with Crippen LogP contribution in [0.4, 0.5) is 14.5 Å². The van der Waals surface area contributed by atoms with Crippen molar-refractivity contribution in [3.63, 3.8) is 0 Å². The van der Waals surface area contributed by atoms with Crippen molar-refractivity contribution in [1.82, 2.24) is 0 Å². The number of esters is 1. The molecule has 1 amide bonds. The number of ketones is 1. The third kappa shape index (κ3) is 6.07. The van der Waals surface area contributed by atoms with Crippen LogP contribution in [-0.4, -0.2) is 57.9 Å². The van der Waals surface area contributed by atoms with Crippen LogP contribution >= 0.6 is 11.8 Å². The van der Waals surface area contributed by atoms with Gasteiger partial charge in [0, 0.05) is 39.2 Å². The maximum absolute atomic E-state index is 14.5. The zero-order valence-electron chi connectivity index (χ0n) is 27.1. The average molecular weight is 670 g/mol. The smallest absolute Gasteiger partial charge is 0.461 e. The Morgan fingerprint density at radius 2 is 1.87 bits per heavy atom. The molecule has 2 bridgehead atoms. The van der Waals surface area contributed by atoms with E-state index < -0.39 is 64.7 Å². The summed E-state index contributed by atoms with van der Waals surface area (Å²) in [5.74, 6) is -4.71. The van der Waals surface area contributed by atoms with Crippen LogP contribution in [0.5, 0.6) is 0 Å². The lowest BCUT2D eigenvalue weighted by atomic mass is 9.44. The van der Waals surface area contributed by atoms with Gasteiger partial charge in [-0.2, -0.15) is 0 Å². The van der Waals surface area contributed by atoms with Crippen molar-refractivity contribution in [2.75, 3.05) is 11.1 Å². The number of thioether (sulfide) groups is 1. The maximum atomic E-state index is 14.5. The molecule has 12 heteroatoms. The molecule has 3 aliphatic rings. The number of Topliss-reactive ketones (excluding diaryl/α,β-unsaturated/α-hetero) is 1. The van der Waals surface area contributed by atoms with E-state index in [4.69, 9.17) is 4.74 Å². The minimum atomic E-state index is -2.23. The predicted molar refractivity (Wildman–Crippen MR) is 176 cm³/mol. The summed E-state index contributed by atoms with van der Waals surface area (Å²) >= 11 is 1.17. The molecule has 3 aliphatic carbocycles. The summed E-state index contributed by atoms with van der Waals surface area (Å²) in [6.07, 6.45) is 3.57. The molecule has 0 saturated heterocycles. The summed E-state index contributed by atoms with van der Waals surface area (Å²) in [4.78, 5) is 40.4. The van der Waals surface area contributed by atoms with Crippen molar-refractivity contribution in [3.05, 3.63) is 66.3 Å². The van der Waals surface area contributed by atoms with Crippen LogP contribution in [-0.2, 0) is 14.3 Å². The van der Waals surface area contributed by atoms with E-state index in [1.165, 1.54) is 11.8 Å². The number of nitrogens with one attached hydrogen (secondary N) is 1. The number of carbonyl (C=O) groups is 3. The molecule has 252 valence electrons. The Labute approximate surface area is 278 Å². The molecule has 5 rings (SSSR count). The highest BCUT2D eigenvalue weighted by molar-refractivity contribution is 8.00. The van der Waals surface area contributed by atoms with Crippen LogP contribution < -0.4 is 10.8 Å². The lowest BCUT2D eigenvalue weighted by molar-refractivity contribution is -0.205. The monoisotopic (exact) mass is 669 g/mol. The molecule has 0 radical (unpaired) electrons. The fourth-order valence-electron chi connectivity index (χ4n) is 8.64. The summed E-state index contributed by atoms with van der Waals surface area (Å²) in [7, 11) is -2.23. The summed E-state index contributed by atoms with van der Waals surface area (Å²) in [5, 5.41) is 32.6. The molecular formula is C35H42BF2NO7S. The van der Waals surface area contributed by atoms with Crippen LogP contribution in [0.1, 0.15) is 70.2 Å². The predicted octanol–water partition coefficient (Wildman–Crippen LogP) is 4.90. The van der Waals surface area contributed by atoms with Crippen molar-refractivity contribution in [3.8, 4) is 0 Å². The number of benzene rings is 2. The largest absolute Gasteiger partial charge is 0.491 e. The van der Waals surface area contributed by atoms with Crippen LogP contribution in [0.2, 0.25) is 0 Å². The van der Waals surface area contributed by atoms with E-state index in [1.54, 1.807) is 30.3 Å². The van der Waals surface area contributed by atoms with E-state index in [-0.39, 0.29) is 40.4 Å². The molecule has 0 unspecified atom stereocenters. The Hall–Kier alpha value is -3.06. The number of ether oxygens (including phenoxy) is 1. The lowest BCUT2D eigenvalue weighted by Crippen LogP contribution is -2.63. The first kappa shape index (κ1) is 35.3. The number of amides is 1. The number of hydrogen-bond donors (Lipinski definition) is 4. The number of anilines is 1. The zero-order valence-corrected chi connectivity index (χ0v) is 27.9. The fraction of sp³-hybridized carbons (Fsp3) is 0.514. The SMILES string of the molecule is C=C[C@]1(C)C[C@@H](OC(=O)CSc2cccc(NC(=O)c3ccc(B(O)O)c(F)c3F)c2)[C@]2(C)[C@H](C)CC[C@]3(CCC(=O)[C@H]32)[C@@H](C)[C@@H]1O. The summed E-state index contributed by atoms with van der Waals surface area (Å²) in [6.45, 7) is 12.3. The molecule has 2 aromatic carbocycles. The summed E-state index contributed by atoms with van der Waals surface area (Å²) in [6, 6.07) is 8.36.